The van der Waals surface area contributed by atoms with E-state index >= 15 is 0 Å². The number of halogens is 1. The number of carbonyl (C=O) groups is 1. The molecular weight excluding hydrogens is 535 g/mol. The van der Waals surface area contributed by atoms with E-state index < -0.39 is 0 Å². The summed E-state index contributed by atoms with van der Waals surface area (Å²) in [6.45, 7) is 4.23. The lowest BCUT2D eigenvalue weighted by atomic mass is 10.2. The topological polar surface area (TPSA) is 80.3 Å². The first-order chi connectivity index (χ1) is 19.1. The number of aryl methyl sites for hydroxylation is 1. The zero-order chi connectivity index (χ0) is 26.8. The van der Waals surface area contributed by atoms with E-state index in [1.807, 2.05) is 64.2 Å². The van der Waals surface area contributed by atoms with Gasteiger partial charge >= 0.3 is 0 Å². The Morgan fingerprint density at radius 3 is 2.51 bits per heavy atom. The van der Waals surface area contributed by atoms with E-state index in [4.69, 9.17) is 4.42 Å². The number of rotatable bonds is 7. The molecule has 8 nitrogen and oxygen atoms in total. The van der Waals surface area contributed by atoms with Crippen molar-refractivity contribution in [3.63, 3.8) is 0 Å². The summed E-state index contributed by atoms with van der Waals surface area (Å²) in [5.41, 5.74) is 3.07. The number of furan rings is 1. The first-order valence-electron chi connectivity index (χ1n) is 12.5. The van der Waals surface area contributed by atoms with Crippen LogP contribution in [0.2, 0.25) is 0 Å². The summed E-state index contributed by atoms with van der Waals surface area (Å²) in [6.07, 6.45) is 1.62. The van der Waals surface area contributed by atoms with E-state index in [0.29, 0.717) is 60.1 Å². The maximum Gasteiger partial charge on any atom is 0.273 e. The lowest BCUT2D eigenvalue weighted by Crippen LogP contribution is -2.49. The lowest BCUT2D eigenvalue weighted by Gasteiger charge is -2.35. The van der Waals surface area contributed by atoms with E-state index in [1.165, 1.54) is 29.2 Å². The number of thioether (sulfide) groups is 1. The van der Waals surface area contributed by atoms with Gasteiger partial charge in [0.05, 0.1) is 23.4 Å². The number of hydrogen-bond acceptors (Lipinski definition) is 8. The third kappa shape index (κ3) is 5.19. The summed E-state index contributed by atoms with van der Waals surface area (Å²) < 4.78 is 21.8. The van der Waals surface area contributed by atoms with Gasteiger partial charge in [-0.15, -0.1) is 21.5 Å². The highest BCUT2D eigenvalue weighted by atomic mass is 32.2. The minimum Gasteiger partial charge on any atom is -0.461 e. The Bertz CT molecular complexity index is 1590. The van der Waals surface area contributed by atoms with Crippen molar-refractivity contribution in [3.05, 3.63) is 94.4 Å². The molecule has 1 aliphatic rings. The first-order valence-corrected chi connectivity index (χ1v) is 14.4. The molecule has 4 heterocycles. The van der Waals surface area contributed by atoms with Gasteiger partial charge in [-0.05, 0) is 42.8 Å². The van der Waals surface area contributed by atoms with Gasteiger partial charge in [-0.1, -0.05) is 42.1 Å². The highest BCUT2D eigenvalue weighted by Crippen LogP contribution is 2.32. The smallest absolute Gasteiger partial charge is 0.273 e. The number of thiazole rings is 1. The van der Waals surface area contributed by atoms with Crippen LogP contribution in [0.15, 0.2) is 81.9 Å². The van der Waals surface area contributed by atoms with Crippen molar-refractivity contribution in [2.45, 2.75) is 17.8 Å². The molecule has 0 saturated carbocycles. The summed E-state index contributed by atoms with van der Waals surface area (Å²) in [6, 6.07) is 18.5. The number of amides is 1. The van der Waals surface area contributed by atoms with Gasteiger partial charge in [0.15, 0.2) is 10.9 Å². The fraction of sp³-hybridized carbons (Fsp3) is 0.214. The molecule has 1 fully saturated rings. The SMILES string of the molecule is Cc1ccccc1-n1c(SCc2nc(C(=O)N3CCN(c4ccccc4F)CC3)cs2)nnc1-c1ccco1. The second-order valence-corrected chi connectivity index (χ2v) is 10.9. The molecule has 1 saturated heterocycles. The average Bonchev–Trinajstić information content (AvgIpc) is 3.73. The molecule has 1 aliphatic heterocycles. The summed E-state index contributed by atoms with van der Waals surface area (Å²) in [5, 5.41) is 12.2. The number of para-hydroxylation sites is 2. The number of hydrogen-bond donors (Lipinski definition) is 0. The predicted molar refractivity (Wildman–Crippen MR) is 150 cm³/mol. The van der Waals surface area contributed by atoms with Gasteiger partial charge in [0.25, 0.3) is 5.91 Å². The number of nitrogens with zero attached hydrogens (tertiary/aromatic N) is 6. The van der Waals surface area contributed by atoms with Crippen LogP contribution in [0.5, 0.6) is 0 Å². The Kier molecular flexibility index (Phi) is 7.16. The molecule has 5 aromatic rings. The van der Waals surface area contributed by atoms with Gasteiger partial charge in [-0.25, -0.2) is 9.37 Å². The Morgan fingerprint density at radius 1 is 1.00 bits per heavy atom. The standard InChI is InChI=1S/C28H25FN6O2S2/c1-19-7-2-4-9-22(19)35-26(24-11-6-16-37-24)31-32-28(35)39-18-25-30-21(17-38-25)27(36)34-14-12-33(13-15-34)23-10-5-3-8-20(23)29/h2-11,16-17H,12-15,18H2,1H3. The zero-order valence-electron chi connectivity index (χ0n) is 21.2. The minimum atomic E-state index is -0.242. The highest BCUT2D eigenvalue weighted by Gasteiger charge is 2.25. The van der Waals surface area contributed by atoms with Gasteiger partial charge in [0.1, 0.15) is 16.5 Å². The van der Waals surface area contributed by atoms with Gasteiger partial charge in [-0.2, -0.15) is 0 Å². The maximum absolute atomic E-state index is 14.2. The largest absolute Gasteiger partial charge is 0.461 e. The van der Waals surface area contributed by atoms with Crippen LogP contribution >= 0.6 is 23.1 Å². The Morgan fingerprint density at radius 2 is 1.77 bits per heavy atom. The van der Waals surface area contributed by atoms with Crippen LogP contribution in [0, 0.1) is 12.7 Å². The van der Waals surface area contributed by atoms with E-state index in [9.17, 15) is 9.18 Å². The average molecular weight is 561 g/mol. The molecule has 0 aliphatic carbocycles. The van der Waals surface area contributed by atoms with E-state index in [1.54, 1.807) is 23.3 Å². The number of piperazine rings is 1. The molecule has 3 aromatic heterocycles. The number of aromatic nitrogens is 4. The first kappa shape index (κ1) is 25.3. The molecule has 0 atom stereocenters. The van der Waals surface area contributed by atoms with Gasteiger partial charge in [0.2, 0.25) is 5.82 Å². The molecule has 0 N–H and O–H groups in total. The Labute approximate surface area is 233 Å². The van der Waals surface area contributed by atoms with Gasteiger partial charge in [-0.3, -0.25) is 9.36 Å². The van der Waals surface area contributed by atoms with Crippen molar-refractivity contribution < 1.29 is 13.6 Å². The Hall–Kier alpha value is -3.96. The van der Waals surface area contributed by atoms with Crippen LogP contribution in [0.4, 0.5) is 10.1 Å². The molecule has 11 heteroatoms. The van der Waals surface area contributed by atoms with Gasteiger partial charge in [0, 0.05) is 31.6 Å². The molecule has 0 spiro atoms. The molecule has 2 aromatic carbocycles. The Balaban J connectivity index is 1.14. The maximum atomic E-state index is 14.2. The van der Waals surface area contributed by atoms with Crippen LogP contribution in [-0.2, 0) is 5.75 Å². The molecule has 198 valence electrons. The lowest BCUT2D eigenvalue weighted by molar-refractivity contribution is 0.0741. The molecule has 6 rings (SSSR count). The monoisotopic (exact) mass is 560 g/mol. The number of anilines is 1. The third-order valence-corrected chi connectivity index (χ3v) is 8.56. The zero-order valence-corrected chi connectivity index (χ0v) is 22.8. The second-order valence-electron chi connectivity index (χ2n) is 9.05. The fourth-order valence-corrected chi connectivity index (χ4v) is 6.31. The van der Waals surface area contributed by atoms with Crippen molar-refractivity contribution in [2.75, 3.05) is 31.1 Å². The second kappa shape index (κ2) is 11.0. The van der Waals surface area contributed by atoms with Crippen LogP contribution in [0.1, 0.15) is 21.1 Å². The van der Waals surface area contributed by atoms with E-state index in [-0.39, 0.29) is 11.7 Å². The summed E-state index contributed by atoms with van der Waals surface area (Å²) >= 11 is 2.96. The van der Waals surface area contributed by atoms with Crippen molar-refractivity contribution in [1.82, 2.24) is 24.6 Å². The molecule has 39 heavy (non-hydrogen) atoms. The van der Waals surface area contributed by atoms with Crippen molar-refractivity contribution in [2.24, 2.45) is 0 Å². The number of benzene rings is 2. The van der Waals surface area contributed by atoms with Crippen molar-refractivity contribution in [3.8, 4) is 17.3 Å². The molecule has 0 radical (unpaired) electrons. The van der Waals surface area contributed by atoms with Crippen LogP contribution in [0.3, 0.4) is 0 Å². The van der Waals surface area contributed by atoms with Crippen molar-refractivity contribution >= 4 is 34.7 Å². The van der Waals surface area contributed by atoms with Crippen molar-refractivity contribution in [1.29, 1.82) is 0 Å². The molecular formula is C28H25FN6O2S2. The molecule has 1 amide bonds. The minimum absolute atomic E-state index is 0.0983. The molecule has 0 bridgehead atoms. The van der Waals surface area contributed by atoms with E-state index in [2.05, 4.69) is 15.2 Å². The predicted octanol–water partition coefficient (Wildman–Crippen LogP) is 5.69. The van der Waals surface area contributed by atoms with Crippen LogP contribution < -0.4 is 4.90 Å². The summed E-state index contributed by atoms with van der Waals surface area (Å²) in [5.74, 6) is 1.46. The van der Waals surface area contributed by atoms with Crippen LogP contribution in [0.25, 0.3) is 17.3 Å². The fourth-order valence-electron chi connectivity index (χ4n) is 4.58. The molecule has 0 unspecified atom stereocenters. The normalized spacial score (nSPS) is 13.7. The summed E-state index contributed by atoms with van der Waals surface area (Å²) in [4.78, 5) is 21.5. The van der Waals surface area contributed by atoms with Gasteiger partial charge < -0.3 is 14.2 Å². The number of carbonyl (C=O) groups excluding carboxylic acids is 1. The highest BCUT2D eigenvalue weighted by molar-refractivity contribution is 7.98. The quantitative estimate of drug-likeness (QED) is 0.237. The van der Waals surface area contributed by atoms with Crippen LogP contribution in [-0.4, -0.2) is 56.7 Å². The summed E-state index contributed by atoms with van der Waals surface area (Å²) in [7, 11) is 0. The third-order valence-electron chi connectivity index (χ3n) is 6.59. The van der Waals surface area contributed by atoms with E-state index in [0.717, 1.165) is 16.3 Å².